The molecule has 2 amide bonds. The first-order valence-corrected chi connectivity index (χ1v) is 10.1. The summed E-state index contributed by atoms with van der Waals surface area (Å²) < 4.78 is 33.6. The molecule has 1 aromatic carbocycles. The Labute approximate surface area is 172 Å². The van der Waals surface area contributed by atoms with Crippen LogP contribution >= 0.6 is 0 Å². The van der Waals surface area contributed by atoms with Gasteiger partial charge in [0.15, 0.2) is 5.60 Å². The smallest absolute Gasteiger partial charge is 0.257 e. The van der Waals surface area contributed by atoms with E-state index < -0.39 is 29.5 Å². The van der Waals surface area contributed by atoms with Gasteiger partial charge in [-0.2, -0.15) is 0 Å². The van der Waals surface area contributed by atoms with Gasteiger partial charge in [0, 0.05) is 44.4 Å². The molecule has 4 heterocycles. The standard InChI is InChI=1S/C22H21F2N3O3/c23-16-10-15(11-17(24)12-16)18-3-4-19-27(18)21(29)22(30-19)5-8-26(9-6-22)20(28)14-2-1-7-25-13-14/h1-2,7,10-13,18-19H,3-6,8-9H2. The van der Waals surface area contributed by atoms with Gasteiger partial charge >= 0.3 is 0 Å². The lowest BCUT2D eigenvalue weighted by Gasteiger charge is -2.37. The summed E-state index contributed by atoms with van der Waals surface area (Å²) in [4.78, 5) is 33.4. The van der Waals surface area contributed by atoms with E-state index in [2.05, 4.69) is 4.98 Å². The van der Waals surface area contributed by atoms with E-state index in [-0.39, 0.29) is 11.8 Å². The highest BCUT2D eigenvalue weighted by atomic mass is 19.1. The van der Waals surface area contributed by atoms with Crippen molar-refractivity contribution in [3.63, 3.8) is 0 Å². The fraction of sp³-hybridized carbons (Fsp3) is 0.409. The highest BCUT2D eigenvalue weighted by molar-refractivity contribution is 5.94. The molecule has 3 fully saturated rings. The Hall–Kier alpha value is -2.87. The number of likely N-dealkylation sites (tertiary alicyclic amines) is 1. The molecule has 0 bridgehead atoms. The van der Waals surface area contributed by atoms with Gasteiger partial charge in [0.1, 0.15) is 17.9 Å². The number of hydrogen-bond donors (Lipinski definition) is 0. The Morgan fingerprint density at radius 2 is 1.87 bits per heavy atom. The van der Waals surface area contributed by atoms with E-state index in [1.165, 1.54) is 18.3 Å². The van der Waals surface area contributed by atoms with Crippen LogP contribution in [0.1, 0.15) is 47.6 Å². The zero-order valence-corrected chi connectivity index (χ0v) is 16.3. The third kappa shape index (κ3) is 3.06. The number of nitrogens with zero attached hydrogens (tertiary/aromatic N) is 3. The highest BCUT2D eigenvalue weighted by Crippen LogP contribution is 2.47. The second-order valence-corrected chi connectivity index (χ2v) is 8.11. The van der Waals surface area contributed by atoms with Crippen molar-refractivity contribution in [1.29, 1.82) is 0 Å². The van der Waals surface area contributed by atoms with Crippen LogP contribution in [-0.4, -0.2) is 51.5 Å². The maximum absolute atomic E-state index is 13.7. The van der Waals surface area contributed by atoms with Gasteiger partial charge < -0.3 is 14.5 Å². The molecule has 0 aliphatic carbocycles. The molecule has 1 aromatic heterocycles. The van der Waals surface area contributed by atoms with Gasteiger partial charge in [-0.05, 0) is 42.7 Å². The maximum Gasteiger partial charge on any atom is 0.257 e. The molecule has 5 rings (SSSR count). The van der Waals surface area contributed by atoms with Crippen LogP contribution in [0.3, 0.4) is 0 Å². The number of piperidine rings is 1. The van der Waals surface area contributed by atoms with E-state index in [1.54, 1.807) is 28.1 Å². The van der Waals surface area contributed by atoms with Gasteiger partial charge in [0.25, 0.3) is 11.8 Å². The Balaban J connectivity index is 1.32. The summed E-state index contributed by atoms with van der Waals surface area (Å²) in [5.74, 6) is -1.57. The summed E-state index contributed by atoms with van der Waals surface area (Å²) in [6, 6.07) is 6.42. The van der Waals surface area contributed by atoms with E-state index in [0.717, 1.165) is 6.07 Å². The number of carbonyl (C=O) groups excluding carboxylic acids is 2. The Kier molecular flexibility index (Phi) is 4.54. The van der Waals surface area contributed by atoms with Crippen molar-refractivity contribution in [3.8, 4) is 0 Å². The summed E-state index contributed by atoms with van der Waals surface area (Å²) in [5.41, 5.74) is -0.00453. The Bertz CT molecular complexity index is 972. The van der Waals surface area contributed by atoms with Crippen LogP contribution in [0.4, 0.5) is 8.78 Å². The van der Waals surface area contributed by atoms with Gasteiger partial charge in [-0.1, -0.05) is 0 Å². The lowest BCUT2D eigenvalue weighted by Crippen LogP contribution is -2.51. The second kappa shape index (κ2) is 7.12. The summed E-state index contributed by atoms with van der Waals surface area (Å²) >= 11 is 0. The van der Waals surface area contributed by atoms with E-state index in [9.17, 15) is 18.4 Å². The normalized spacial score (nSPS) is 25.1. The quantitative estimate of drug-likeness (QED) is 0.759. The number of halogens is 2. The first kappa shape index (κ1) is 19.1. The van der Waals surface area contributed by atoms with Crippen molar-refractivity contribution in [2.24, 2.45) is 0 Å². The monoisotopic (exact) mass is 413 g/mol. The van der Waals surface area contributed by atoms with Crippen LogP contribution < -0.4 is 0 Å². The number of fused-ring (bicyclic) bond motifs is 1. The molecule has 2 unspecified atom stereocenters. The number of ether oxygens (including phenoxy) is 1. The zero-order valence-electron chi connectivity index (χ0n) is 16.3. The largest absolute Gasteiger partial charge is 0.342 e. The molecule has 0 radical (unpaired) electrons. The third-order valence-corrected chi connectivity index (χ3v) is 6.36. The van der Waals surface area contributed by atoms with Gasteiger partial charge in [0.05, 0.1) is 11.6 Å². The predicted molar refractivity (Wildman–Crippen MR) is 102 cm³/mol. The summed E-state index contributed by atoms with van der Waals surface area (Å²) in [6.07, 6.45) is 4.76. The maximum atomic E-state index is 13.7. The Morgan fingerprint density at radius 3 is 2.53 bits per heavy atom. The average Bonchev–Trinajstić information content (AvgIpc) is 3.26. The topological polar surface area (TPSA) is 62.7 Å². The molecule has 2 atom stereocenters. The summed E-state index contributed by atoms with van der Waals surface area (Å²) in [5, 5.41) is 0. The molecule has 1 spiro atoms. The number of hydrogen-bond acceptors (Lipinski definition) is 4. The molecule has 156 valence electrons. The fourth-order valence-electron chi connectivity index (χ4n) is 4.88. The summed E-state index contributed by atoms with van der Waals surface area (Å²) in [7, 11) is 0. The van der Waals surface area contributed by atoms with Crippen molar-refractivity contribution in [2.45, 2.75) is 43.6 Å². The molecule has 0 saturated carbocycles. The average molecular weight is 413 g/mol. The fourth-order valence-corrected chi connectivity index (χ4v) is 4.88. The van der Waals surface area contributed by atoms with Crippen LogP contribution in [0.5, 0.6) is 0 Å². The SMILES string of the molecule is O=C(c1cccnc1)N1CCC2(CC1)OC1CCC(c3cc(F)cc(F)c3)N1C2=O. The van der Waals surface area contributed by atoms with Crippen molar-refractivity contribution in [3.05, 3.63) is 65.5 Å². The number of amides is 2. The van der Waals surface area contributed by atoms with Crippen LogP contribution in [0.15, 0.2) is 42.7 Å². The molecule has 3 saturated heterocycles. The van der Waals surface area contributed by atoms with Crippen LogP contribution in [0, 0.1) is 11.6 Å². The van der Waals surface area contributed by atoms with E-state index >= 15 is 0 Å². The zero-order chi connectivity index (χ0) is 20.9. The number of benzene rings is 1. The third-order valence-electron chi connectivity index (χ3n) is 6.36. The number of pyridine rings is 1. The molecule has 3 aliphatic heterocycles. The summed E-state index contributed by atoms with van der Waals surface area (Å²) in [6.45, 7) is 0.804. The van der Waals surface area contributed by atoms with Gasteiger partial charge in [-0.25, -0.2) is 8.78 Å². The molecule has 8 heteroatoms. The van der Waals surface area contributed by atoms with Crippen LogP contribution in [0.2, 0.25) is 0 Å². The minimum Gasteiger partial charge on any atom is -0.342 e. The Morgan fingerprint density at radius 1 is 1.13 bits per heavy atom. The second-order valence-electron chi connectivity index (χ2n) is 8.11. The minimum atomic E-state index is -0.971. The first-order chi connectivity index (χ1) is 14.5. The van der Waals surface area contributed by atoms with Crippen molar-refractivity contribution < 1.29 is 23.1 Å². The first-order valence-electron chi connectivity index (χ1n) is 10.1. The molecular weight excluding hydrogens is 392 g/mol. The molecule has 3 aliphatic rings. The van der Waals surface area contributed by atoms with Crippen molar-refractivity contribution >= 4 is 11.8 Å². The van der Waals surface area contributed by atoms with Crippen LogP contribution in [-0.2, 0) is 9.53 Å². The van der Waals surface area contributed by atoms with E-state index in [1.807, 2.05) is 0 Å². The molecule has 6 nitrogen and oxygen atoms in total. The highest BCUT2D eigenvalue weighted by Gasteiger charge is 2.58. The van der Waals surface area contributed by atoms with Crippen molar-refractivity contribution in [1.82, 2.24) is 14.8 Å². The minimum absolute atomic E-state index is 0.114. The van der Waals surface area contributed by atoms with E-state index in [4.69, 9.17) is 4.74 Å². The number of rotatable bonds is 2. The number of carbonyl (C=O) groups is 2. The predicted octanol–water partition coefficient (Wildman–Crippen LogP) is 3.05. The van der Waals surface area contributed by atoms with Gasteiger partial charge in [-0.3, -0.25) is 14.6 Å². The lowest BCUT2D eigenvalue weighted by atomic mass is 9.89. The molecule has 2 aromatic rings. The lowest BCUT2D eigenvalue weighted by molar-refractivity contribution is -0.142. The van der Waals surface area contributed by atoms with Gasteiger partial charge in [0.2, 0.25) is 0 Å². The molecule has 0 N–H and O–H groups in total. The van der Waals surface area contributed by atoms with Crippen LogP contribution in [0.25, 0.3) is 0 Å². The molecular formula is C22H21F2N3O3. The van der Waals surface area contributed by atoms with Crippen molar-refractivity contribution in [2.75, 3.05) is 13.1 Å². The van der Waals surface area contributed by atoms with Gasteiger partial charge in [-0.15, -0.1) is 0 Å². The van der Waals surface area contributed by atoms with E-state index in [0.29, 0.717) is 49.9 Å². The molecule has 30 heavy (non-hydrogen) atoms. The number of aromatic nitrogens is 1.